The first kappa shape index (κ1) is 47.3. The molecule has 0 aliphatic rings. The lowest BCUT2D eigenvalue weighted by Crippen LogP contribution is -2.10. The monoisotopic (exact) mass is 972 g/mol. The Bertz CT molecular complexity index is 3480. The van der Waals surface area contributed by atoms with Crippen molar-refractivity contribution < 1.29 is 0 Å². The molecule has 0 saturated heterocycles. The van der Waals surface area contributed by atoms with Crippen LogP contribution in [-0.2, 0) is 0 Å². The lowest BCUT2D eigenvalue weighted by atomic mass is 9.96. The van der Waals surface area contributed by atoms with Gasteiger partial charge in [-0.25, -0.2) is 0 Å². The van der Waals surface area contributed by atoms with E-state index in [1.54, 1.807) is 0 Å². The maximum absolute atomic E-state index is 2.39. The maximum atomic E-state index is 2.39. The average molecular weight is 973 g/mol. The molecule has 0 unspecified atom stereocenters. The molecule has 12 rings (SSSR count). The Labute approximate surface area is 447 Å². The fourth-order valence-electron chi connectivity index (χ4n) is 10.3. The first-order valence-corrected chi connectivity index (χ1v) is 26.1. The minimum atomic E-state index is 1.07. The Balaban J connectivity index is 0.934. The minimum absolute atomic E-state index is 1.07. The maximum Gasteiger partial charge on any atom is 0.0473 e. The third-order valence-electron chi connectivity index (χ3n) is 14.4. The van der Waals surface area contributed by atoms with Crippen LogP contribution in [0.3, 0.4) is 0 Å². The lowest BCUT2D eigenvalue weighted by molar-refractivity contribution is 1.28. The zero-order valence-electron chi connectivity index (χ0n) is 42.8. The van der Waals surface area contributed by atoms with Gasteiger partial charge in [-0.2, -0.15) is 0 Å². The van der Waals surface area contributed by atoms with Crippen molar-refractivity contribution in [3.8, 4) is 77.9 Å². The molecule has 0 radical (unpaired) electrons. The first-order chi connectivity index (χ1) is 37.5. The molecule has 12 aromatic rings. The van der Waals surface area contributed by atoms with Gasteiger partial charge in [0, 0.05) is 34.1 Å². The van der Waals surface area contributed by atoms with Gasteiger partial charge in [0.15, 0.2) is 0 Å². The molecule has 0 N–H and O–H groups in total. The molecule has 12 aromatic carbocycles. The Morgan fingerprint density at radius 3 is 0.553 bits per heavy atom. The quantitative estimate of drug-likeness (QED) is 0.114. The predicted octanol–water partition coefficient (Wildman–Crippen LogP) is 20.9. The average Bonchev–Trinajstić information content (AvgIpc) is 3.51. The van der Waals surface area contributed by atoms with Gasteiger partial charge in [-0.15, -0.1) is 0 Å². The van der Waals surface area contributed by atoms with E-state index in [1.807, 2.05) is 0 Å². The molecule has 362 valence electrons. The lowest BCUT2D eigenvalue weighted by Gasteiger charge is -2.28. The number of anilines is 6. The number of rotatable bonds is 13. The van der Waals surface area contributed by atoms with Gasteiger partial charge in [-0.3, -0.25) is 0 Å². The summed E-state index contributed by atoms with van der Waals surface area (Å²) >= 11 is 0. The summed E-state index contributed by atoms with van der Waals surface area (Å²) in [6, 6.07) is 110. The summed E-state index contributed by atoms with van der Waals surface area (Å²) < 4.78 is 0. The topological polar surface area (TPSA) is 6.48 Å². The number of hydrogen-bond acceptors (Lipinski definition) is 2. The molecule has 0 aromatic heterocycles. The van der Waals surface area contributed by atoms with Crippen LogP contribution in [0.4, 0.5) is 34.1 Å². The molecule has 76 heavy (non-hydrogen) atoms. The summed E-state index contributed by atoms with van der Waals surface area (Å²) in [7, 11) is 0. The van der Waals surface area contributed by atoms with E-state index in [0.29, 0.717) is 0 Å². The van der Waals surface area contributed by atoms with Crippen molar-refractivity contribution >= 4 is 34.1 Å². The highest BCUT2D eigenvalue weighted by atomic mass is 15.1. The zero-order valence-corrected chi connectivity index (χ0v) is 42.8. The highest BCUT2D eigenvalue weighted by Crippen LogP contribution is 2.43. The normalized spacial score (nSPS) is 11.0. The van der Waals surface area contributed by atoms with Crippen LogP contribution in [-0.4, -0.2) is 0 Å². The molecular formula is C74H56N2. The third-order valence-corrected chi connectivity index (χ3v) is 14.4. The van der Waals surface area contributed by atoms with Crippen LogP contribution in [0.2, 0.25) is 0 Å². The number of nitrogens with zero attached hydrogens (tertiary/aromatic N) is 2. The fraction of sp³-hybridized carbons (Fsp3) is 0.0270. The van der Waals surface area contributed by atoms with Gasteiger partial charge in [0.2, 0.25) is 0 Å². The SMILES string of the molecule is Cc1ccc(-c2ccc(N(c3ccc(-c4ccc(N(c5ccc(-c6ccc(C)cc6)cc5)c5cc(-c6ccccc6)cc(-c6ccccc6)c5)cc4)cc3)c3cc(-c4ccccc4)cc(-c4ccccc4)c3)cc2)cc1. The van der Waals surface area contributed by atoms with Crippen molar-refractivity contribution in [2.45, 2.75) is 13.8 Å². The summed E-state index contributed by atoms with van der Waals surface area (Å²) in [5, 5.41) is 0. The van der Waals surface area contributed by atoms with E-state index >= 15 is 0 Å². The molecule has 2 heteroatoms. The van der Waals surface area contributed by atoms with Gasteiger partial charge in [0.1, 0.15) is 0 Å². The fourth-order valence-corrected chi connectivity index (χ4v) is 10.3. The molecule has 0 aliphatic heterocycles. The molecule has 0 heterocycles. The van der Waals surface area contributed by atoms with Crippen molar-refractivity contribution in [3.63, 3.8) is 0 Å². The molecule has 0 amide bonds. The number of benzene rings is 12. The first-order valence-electron chi connectivity index (χ1n) is 26.1. The van der Waals surface area contributed by atoms with Crippen LogP contribution < -0.4 is 9.80 Å². The molecule has 0 spiro atoms. The molecule has 0 saturated carbocycles. The molecule has 0 atom stereocenters. The van der Waals surface area contributed by atoms with E-state index in [1.165, 1.54) is 55.6 Å². The highest BCUT2D eigenvalue weighted by Gasteiger charge is 2.19. The second-order valence-corrected chi connectivity index (χ2v) is 19.6. The van der Waals surface area contributed by atoms with Gasteiger partial charge in [-0.1, -0.05) is 230 Å². The van der Waals surface area contributed by atoms with Gasteiger partial charge in [0.25, 0.3) is 0 Å². The van der Waals surface area contributed by atoms with Crippen molar-refractivity contribution in [3.05, 3.63) is 314 Å². The van der Waals surface area contributed by atoms with Crippen LogP contribution in [0.15, 0.2) is 303 Å². The van der Waals surface area contributed by atoms with Crippen molar-refractivity contribution in [1.82, 2.24) is 0 Å². The Kier molecular flexibility index (Phi) is 13.3. The summed E-state index contributed by atoms with van der Waals surface area (Å²) in [5.41, 5.74) is 25.4. The van der Waals surface area contributed by atoms with Crippen LogP contribution in [0.25, 0.3) is 77.9 Å². The van der Waals surface area contributed by atoms with E-state index in [0.717, 1.165) is 67.5 Å². The predicted molar refractivity (Wildman–Crippen MR) is 323 cm³/mol. The van der Waals surface area contributed by atoms with Crippen LogP contribution in [0.5, 0.6) is 0 Å². The second kappa shape index (κ2) is 21.4. The zero-order chi connectivity index (χ0) is 51.2. The Hall–Kier alpha value is -9.76. The smallest absolute Gasteiger partial charge is 0.0473 e. The molecular weight excluding hydrogens is 917 g/mol. The van der Waals surface area contributed by atoms with Crippen molar-refractivity contribution in [1.29, 1.82) is 0 Å². The van der Waals surface area contributed by atoms with Gasteiger partial charge >= 0.3 is 0 Å². The molecule has 0 fully saturated rings. The minimum Gasteiger partial charge on any atom is -0.310 e. The van der Waals surface area contributed by atoms with E-state index in [-0.39, 0.29) is 0 Å². The van der Waals surface area contributed by atoms with E-state index < -0.39 is 0 Å². The number of hydrogen-bond donors (Lipinski definition) is 0. The summed E-state index contributed by atoms with van der Waals surface area (Å²) in [6.07, 6.45) is 0. The third kappa shape index (κ3) is 10.3. The summed E-state index contributed by atoms with van der Waals surface area (Å²) in [5.74, 6) is 0. The molecule has 2 nitrogen and oxygen atoms in total. The van der Waals surface area contributed by atoms with Crippen LogP contribution in [0, 0.1) is 13.8 Å². The largest absolute Gasteiger partial charge is 0.310 e. The van der Waals surface area contributed by atoms with E-state index in [2.05, 4.69) is 327 Å². The Morgan fingerprint density at radius 2 is 0.342 bits per heavy atom. The molecule has 0 bridgehead atoms. The summed E-state index contributed by atoms with van der Waals surface area (Å²) in [4.78, 5) is 4.78. The van der Waals surface area contributed by atoms with E-state index in [4.69, 9.17) is 0 Å². The van der Waals surface area contributed by atoms with Crippen molar-refractivity contribution in [2.24, 2.45) is 0 Å². The highest BCUT2D eigenvalue weighted by molar-refractivity contribution is 5.88. The van der Waals surface area contributed by atoms with E-state index in [9.17, 15) is 0 Å². The Morgan fingerprint density at radius 1 is 0.158 bits per heavy atom. The second-order valence-electron chi connectivity index (χ2n) is 19.6. The van der Waals surface area contributed by atoms with Crippen LogP contribution in [0.1, 0.15) is 11.1 Å². The van der Waals surface area contributed by atoms with Crippen LogP contribution >= 0.6 is 0 Å². The summed E-state index contributed by atoms with van der Waals surface area (Å²) in [6.45, 7) is 4.27. The van der Waals surface area contributed by atoms with Crippen molar-refractivity contribution in [2.75, 3.05) is 9.80 Å². The van der Waals surface area contributed by atoms with Gasteiger partial charge in [-0.05, 0) is 177 Å². The van der Waals surface area contributed by atoms with Gasteiger partial charge < -0.3 is 9.80 Å². The standard InChI is InChI=1S/C74H56N2/c1-53-23-27-59(28-24-53)61-31-39-69(40-32-61)75(73-49-65(55-15-7-3-8-16-55)47-66(50-73)56-17-9-4-10-18-56)71-43-35-63(36-44-71)64-37-45-72(46-38-64)76(70-41-33-62(34-42-70)60-29-25-54(2)26-30-60)74-51-67(57-19-11-5-12-20-57)48-68(52-74)58-21-13-6-14-22-58/h3-52H,1-2H3. The number of aryl methyl sites for hydroxylation is 2. The van der Waals surface area contributed by atoms with Gasteiger partial charge in [0.05, 0.1) is 0 Å². The molecule has 0 aliphatic carbocycles.